The van der Waals surface area contributed by atoms with Crippen molar-refractivity contribution in [2.24, 2.45) is 0 Å². The largest absolute Gasteiger partial charge is 0.496 e. The van der Waals surface area contributed by atoms with Gasteiger partial charge in [0.1, 0.15) is 5.75 Å². The predicted octanol–water partition coefficient (Wildman–Crippen LogP) is 3.49. The first-order chi connectivity index (χ1) is 9.51. The third-order valence-corrected chi connectivity index (χ3v) is 3.19. The van der Waals surface area contributed by atoms with E-state index in [0.717, 1.165) is 5.56 Å². The van der Waals surface area contributed by atoms with Crippen LogP contribution in [0.2, 0.25) is 5.02 Å². The highest BCUT2D eigenvalue weighted by molar-refractivity contribution is 6.33. The maximum atomic E-state index is 12.3. The molecule has 0 aliphatic carbocycles. The molecule has 0 radical (unpaired) electrons. The topological polar surface area (TPSA) is 64.3 Å². The molecule has 0 spiro atoms. The fraction of sp³-hybridized carbons (Fsp3) is 0.133. The lowest BCUT2D eigenvalue weighted by Gasteiger charge is -2.11. The lowest BCUT2D eigenvalue weighted by Crippen LogP contribution is -2.13. The number of rotatable bonds is 3. The van der Waals surface area contributed by atoms with E-state index in [2.05, 4.69) is 5.32 Å². The third kappa shape index (κ3) is 3.03. The van der Waals surface area contributed by atoms with Crippen molar-refractivity contribution < 1.29 is 9.53 Å². The van der Waals surface area contributed by atoms with Crippen LogP contribution in [-0.2, 0) is 0 Å². The molecule has 0 atom stereocenters. The summed E-state index contributed by atoms with van der Waals surface area (Å²) < 4.78 is 5.20. The minimum Gasteiger partial charge on any atom is -0.496 e. The second kappa shape index (κ2) is 5.84. The lowest BCUT2D eigenvalue weighted by atomic mass is 10.1. The number of ether oxygens (including phenoxy) is 1. The first-order valence-electron chi connectivity index (χ1n) is 6.02. The van der Waals surface area contributed by atoms with E-state index >= 15 is 0 Å². The van der Waals surface area contributed by atoms with Gasteiger partial charge < -0.3 is 15.8 Å². The van der Waals surface area contributed by atoms with Crippen LogP contribution in [0.3, 0.4) is 0 Å². The maximum absolute atomic E-state index is 12.3. The van der Waals surface area contributed by atoms with Crippen molar-refractivity contribution in [3.63, 3.8) is 0 Å². The number of halogens is 1. The summed E-state index contributed by atoms with van der Waals surface area (Å²) in [6.07, 6.45) is 0. The second-order valence-electron chi connectivity index (χ2n) is 4.39. The van der Waals surface area contributed by atoms with E-state index in [9.17, 15) is 4.79 Å². The number of nitrogens with two attached hydrogens (primary N) is 1. The van der Waals surface area contributed by atoms with Crippen molar-refractivity contribution in [1.82, 2.24) is 0 Å². The lowest BCUT2D eigenvalue weighted by molar-refractivity contribution is 0.102. The van der Waals surface area contributed by atoms with Gasteiger partial charge in [-0.25, -0.2) is 0 Å². The summed E-state index contributed by atoms with van der Waals surface area (Å²) in [5.74, 6) is 0.265. The molecule has 4 nitrogen and oxygen atoms in total. The molecule has 0 saturated carbocycles. The molecule has 0 aliphatic rings. The van der Waals surface area contributed by atoms with Crippen LogP contribution in [-0.4, -0.2) is 13.0 Å². The molecule has 0 aliphatic heterocycles. The first kappa shape index (κ1) is 14.2. The smallest absolute Gasteiger partial charge is 0.259 e. The molecule has 5 heteroatoms. The number of aryl methyl sites for hydroxylation is 1. The Morgan fingerprint density at radius 2 is 2.00 bits per heavy atom. The van der Waals surface area contributed by atoms with E-state index in [-0.39, 0.29) is 5.91 Å². The number of anilines is 2. The number of hydrogen-bond acceptors (Lipinski definition) is 3. The summed E-state index contributed by atoms with van der Waals surface area (Å²) in [5.41, 5.74) is 8.13. The van der Waals surface area contributed by atoms with Gasteiger partial charge in [0, 0.05) is 5.69 Å². The Labute approximate surface area is 122 Å². The zero-order valence-electron chi connectivity index (χ0n) is 11.2. The normalized spacial score (nSPS) is 10.2. The van der Waals surface area contributed by atoms with Crippen LogP contribution in [0.25, 0.3) is 0 Å². The van der Waals surface area contributed by atoms with Gasteiger partial charge in [0.15, 0.2) is 0 Å². The Bertz CT molecular complexity index is 656. The Balaban J connectivity index is 2.27. The molecule has 0 bridgehead atoms. The van der Waals surface area contributed by atoms with Crippen LogP contribution in [0.4, 0.5) is 11.4 Å². The standard InChI is InChI=1S/C15H15ClN2O2/c1-9-3-6-14(20-2)11(7-9)15(19)18-10-4-5-13(17)12(16)8-10/h3-8H,17H2,1-2H3,(H,18,19). The number of nitrogen functional groups attached to an aromatic ring is 1. The van der Waals surface area contributed by atoms with Gasteiger partial charge in [-0.15, -0.1) is 0 Å². The Hall–Kier alpha value is -2.20. The van der Waals surface area contributed by atoms with Crippen LogP contribution < -0.4 is 15.8 Å². The van der Waals surface area contributed by atoms with Gasteiger partial charge in [-0.05, 0) is 37.3 Å². The molecule has 0 unspecified atom stereocenters. The summed E-state index contributed by atoms with van der Waals surface area (Å²) in [4.78, 5) is 12.3. The van der Waals surface area contributed by atoms with E-state index in [1.807, 2.05) is 13.0 Å². The molecule has 2 aromatic carbocycles. The van der Waals surface area contributed by atoms with Crippen molar-refractivity contribution in [2.45, 2.75) is 6.92 Å². The molecule has 1 amide bonds. The van der Waals surface area contributed by atoms with E-state index in [1.54, 1.807) is 30.3 Å². The Kier molecular flexibility index (Phi) is 4.15. The van der Waals surface area contributed by atoms with Gasteiger partial charge >= 0.3 is 0 Å². The van der Waals surface area contributed by atoms with E-state index in [4.69, 9.17) is 22.1 Å². The minimum atomic E-state index is -0.258. The average molecular weight is 291 g/mol. The van der Waals surface area contributed by atoms with Gasteiger partial charge in [0.2, 0.25) is 0 Å². The van der Waals surface area contributed by atoms with Crippen molar-refractivity contribution in [3.05, 3.63) is 52.5 Å². The van der Waals surface area contributed by atoms with Gasteiger partial charge in [0.05, 0.1) is 23.4 Å². The average Bonchev–Trinajstić information content (AvgIpc) is 2.43. The zero-order valence-corrected chi connectivity index (χ0v) is 12.0. The van der Waals surface area contributed by atoms with Crippen LogP contribution in [0, 0.1) is 6.92 Å². The first-order valence-corrected chi connectivity index (χ1v) is 6.40. The maximum Gasteiger partial charge on any atom is 0.259 e. The van der Waals surface area contributed by atoms with Gasteiger partial charge in [0.25, 0.3) is 5.91 Å². The summed E-state index contributed by atoms with van der Waals surface area (Å²) >= 11 is 5.93. The summed E-state index contributed by atoms with van der Waals surface area (Å²) in [7, 11) is 1.53. The quantitative estimate of drug-likeness (QED) is 0.851. The highest BCUT2D eigenvalue weighted by Crippen LogP contribution is 2.25. The Morgan fingerprint density at radius 3 is 2.65 bits per heavy atom. The van der Waals surface area contributed by atoms with E-state index in [1.165, 1.54) is 7.11 Å². The monoisotopic (exact) mass is 290 g/mol. The van der Waals surface area contributed by atoms with Crippen LogP contribution in [0.1, 0.15) is 15.9 Å². The third-order valence-electron chi connectivity index (χ3n) is 2.86. The van der Waals surface area contributed by atoms with E-state index < -0.39 is 0 Å². The van der Waals surface area contributed by atoms with Gasteiger partial charge in [-0.3, -0.25) is 4.79 Å². The van der Waals surface area contributed by atoms with Crippen molar-refractivity contribution in [1.29, 1.82) is 0 Å². The van der Waals surface area contributed by atoms with Crippen molar-refractivity contribution >= 4 is 28.9 Å². The fourth-order valence-corrected chi connectivity index (χ4v) is 1.98. The highest BCUT2D eigenvalue weighted by atomic mass is 35.5. The molecule has 20 heavy (non-hydrogen) atoms. The Morgan fingerprint density at radius 1 is 1.25 bits per heavy atom. The number of hydrogen-bond donors (Lipinski definition) is 2. The molecule has 0 saturated heterocycles. The van der Waals surface area contributed by atoms with Crippen LogP contribution in [0.5, 0.6) is 5.75 Å². The molecule has 3 N–H and O–H groups in total. The molecule has 0 aromatic heterocycles. The number of carbonyl (C=O) groups excluding carboxylic acids is 1. The predicted molar refractivity (Wildman–Crippen MR) is 81.5 cm³/mol. The molecule has 0 fully saturated rings. The number of carbonyl (C=O) groups is 1. The van der Waals surface area contributed by atoms with Crippen molar-refractivity contribution in [3.8, 4) is 5.75 Å². The minimum absolute atomic E-state index is 0.258. The van der Waals surface area contributed by atoms with Crippen LogP contribution >= 0.6 is 11.6 Å². The zero-order chi connectivity index (χ0) is 14.7. The molecule has 0 heterocycles. The molecule has 2 rings (SSSR count). The molecular weight excluding hydrogens is 276 g/mol. The summed E-state index contributed by atoms with van der Waals surface area (Å²) in [5, 5.41) is 3.17. The van der Waals surface area contributed by atoms with Crippen LogP contribution in [0.15, 0.2) is 36.4 Å². The van der Waals surface area contributed by atoms with E-state index in [0.29, 0.717) is 27.7 Å². The number of nitrogens with one attached hydrogen (secondary N) is 1. The summed E-state index contributed by atoms with van der Waals surface area (Å²) in [6, 6.07) is 10.4. The number of benzene rings is 2. The SMILES string of the molecule is COc1ccc(C)cc1C(=O)Nc1ccc(N)c(Cl)c1. The summed E-state index contributed by atoms with van der Waals surface area (Å²) in [6.45, 7) is 1.91. The number of methoxy groups -OCH3 is 1. The van der Waals surface area contributed by atoms with Crippen molar-refractivity contribution in [2.75, 3.05) is 18.2 Å². The highest BCUT2D eigenvalue weighted by Gasteiger charge is 2.13. The molecule has 104 valence electrons. The number of amides is 1. The molecule has 2 aromatic rings. The van der Waals surface area contributed by atoms with Gasteiger partial charge in [-0.1, -0.05) is 23.2 Å². The van der Waals surface area contributed by atoms with Gasteiger partial charge in [-0.2, -0.15) is 0 Å². The molecular formula is C15H15ClN2O2. The fourth-order valence-electron chi connectivity index (χ4n) is 1.80. The second-order valence-corrected chi connectivity index (χ2v) is 4.80.